The van der Waals surface area contributed by atoms with E-state index in [1.807, 2.05) is 16.9 Å². The van der Waals surface area contributed by atoms with E-state index in [9.17, 15) is 0 Å². The van der Waals surface area contributed by atoms with Gasteiger partial charge in [0.05, 0.1) is 13.1 Å². The standard InChI is InChI=1S/C9H13N5O/c1-8-12-9(15-13-8)7-10-4-6-14-5-2-3-11-14/h2-3,5,10H,4,6-7H2,1H3. The molecule has 2 aromatic heterocycles. The summed E-state index contributed by atoms with van der Waals surface area (Å²) in [4.78, 5) is 4.08. The summed E-state index contributed by atoms with van der Waals surface area (Å²) < 4.78 is 6.82. The Morgan fingerprint density at radius 2 is 2.47 bits per heavy atom. The minimum absolute atomic E-state index is 0.599. The Balaban J connectivity index is 1.67. The van der Waals surface area contributed by atoms with Gasteiger partial charge in [0.25, 0.3) is 0 Å². The highest BCUT2D eigenvalue weighted by Crippen LogP contribution is 1.94. The first kappa shape index (κ1) is 9.85. The average molecular weight is 207 g/mol. The third-order valence-electron chi connectivity index (χ3n) is 1.92. The van der Waals surface area contributed by atoms with Crippen LogP contribution >= 0.6 is 0 Å². The van der Waals surface area contributed by atoms with E-state index in [2.05, 4.69) is 20.6 Å². The SMILES string of the molecule is Cc1noc(CNCCn2cccn2)n1. The molecule has 0 spiro atoms. The fourth-order valence-corrected chi connectivity index (χ4v) is 1.23. The van der Waals surface area contributed by atoms with Crippen LogP contribution in [0.3, 0.4) is 0 Å². The molecule has 6 heteroatoms. The molecule has 2 rings (SSSR count). The topological polar surface area (TPSA) is 68.8 Å². The third-order valence-corrected chi connectivity index (χ3v) is 1.92. The molecule has 1 N–H and O–H groups in total. The zero-order valence-corrected chi connectivity index (χ0v) is 8.55. The molecule has 0 aliphatic carbocycles. The molecule has 80 valence electrons. The van der Waals surface area contributed by atoms with Gasteiger partial charge in [0.2, 0.25) is 5.89 Å². The first-order valence-electron chi connectivity index (χ1n) is 4.82. The lowest BCUT2D eigenvalue weighted by atomic mass is 10.5. The Labute approximate surface area is 87.3 Å². The summed E-state index contributed by atoms with van der Waals surface area (Å²) in [5.74, 6) is 1.28. The van der Waals surface area contributed by atoms with Crippen LogP contribution in [0, 0.1) is 6.92 Å². The normalized spacial score (nSPS) is 10.7. The van der Waals surface area contributed by atoms with Crippen molar-refractivity contribution in [1.82, 2.24) is 25.2 Å². The average Bonchev–Trinajstić information content (AvgIpc) is 2.84. The highest BCUT2D eigenvalue weighted by molar-refractivity contribution is 4.82. The Bertz CT molecular complexity index is 394. The molecule has 0 aliphatic heterocycles. The van der Waals surface area contributed by atoms with Crippen molar-refractivity contribution in [3.05, 3.63) is 30.2 Å². The maximum Gasteiger partial charge on any atom is 0.240 e. The molecular weight excluding hydrogens is 194 g/mol. The molecular formula is C9H13N5O. The Morgan fingerprint density at radius 1 is 1.53 bits per heavy atom. The summed E-state index contributed by atoms with van der Waals surface area (Å²) in [5.41, 5.74) is 0. The van der Waals surface area contributed by atoms with E-state index in [4.69, 9.17) is 4.52 Å². The van der Waals surface area contributed by atoms with Gasteiger partial charge in [-0.15, -0.1) is 0 Å². The molecule has 0 aliphatic rings. The highest BCUT2D eigenvalue weighted by atomic mass is 16.5. The van der Waals surface area contributed by atoms with Crippen molar-refractivity contribution in [2.75, 3.05) is 6.54 Å². The van der Waals surface area contributed by atoms with Crippen LogP contribution in [-0.4, -0.2) is 26.5 Å². The van der Waals surface area contributed by atoms with Crippen LogP contribution in [0.4, 0.5) is 0 Å². The number of hydrogen-bond donors (Lipinski definition) is 1. The van der Waals surface area contributed by atoms with Crippen LogP contribution in [0.1, 0.15) is 11.7 Å². The lowest BCUT2D eigenvalue weighted by Crippen LogP contribution is -2.19. The predicted octanol–water partition coefficient (Wildman–Crippen LogP) is 0.364. The zero-order chi connectivity index (χ0) is 10.5. The van der Waals surface area contributed by atoms with Gasteiger partial charge >= 0.3 is 0 Å². The quantitative estimate of drug-likeness (QED) is 0.717. The minimum atomic E-state index is 0.599. The predicted molar refractivity (Wildman–Crippen MR) is 53.0 cm³/mol. The van der Waals surface area contributed by atoms with Gasteiger partial charge in [-0.3, -0.25) is 4.68 Å². The van der Waals surface area contributed by atoms with E-state index >= 15 is 0 Å². The van der Waals surface area contributed by atoms with Crippen LogP contribution in [0.5, 0.6) is 0 Å². The second-order valence-corrected chi connectivity index (χ2v) is 3.18. The molecule has 0 bridgehead atoms. The molecule has 0 saturated heterocycles. The molecule has 0 atom stereocenters. The molecule has 6 nitrogen and oxygen atoms in total. The molecule has 0 radical (unpaired) electrons. The largest absolute Gasteiger partial charge is 0.338 e. The fraction of sp³-hybridized carbons (Fsp3) is 0.444. The van der Waals surface area contributed by atoms with E-state index in [0.717, 1.165) is 13.1 Å². The van der Waals surface area contributed by atoms with Crippen molar-refractivity contribution < 1.29 is 4.52 Å². The molecule has 2 aromatic rings. The molecule has 0 aromatic carbocycles. The first-order valence-corrected chi connectivity index (χ1v) is 4.82. The lowest BCUT2D eigenvalue weighted by Gasteiger charge is -2.01. The first-order chi connectivity index (χ1) is 7.34. The number of aromatic nitrogens is 4. The van der Waals surface area contributed by atoms with Crippen LogP contribution in [0.25, 0.3) is 0 Å². The van der Waals surface area contributed by atoms with Crippen LogP contribution in [0.15, 0.2) is 23.0 Å². The van der Waals surface area contributed by atoms with Crippen molar-refractivity contribution in [1.29, 1.82) is 0 Å². The Morgan fingerprint density at radius 3 is 3.13 bits per heavy atom. The van der Waals surface area contributed by atoms with Gasteiger partial charge in [-0.2, -0.15) is 10.1 Å². The van der Waals surface area contributed by atoms with E-state index in [0.29, 0.717) is 18.3 Å². The van der Waals surface area contributed by atoms with E-state index in [1.54, 1.807) is 13.1 Å². The smallest absolute Gasteiger partial charge is 0.240 e. The van der Waals surface area contributed by atoms with Crippen molar-refractivity contribution in [2.24, 2.45) is 0 Å². The minimum Gasteiger partial charge on any atom is -0.338 e. The highest BCUT2D eigenvalue weighted by Gasteiger charge is 2.00. The number of aryl methyl sites for hydroxylation is 1. The van der Waals surface area contributed by atoms with Crippen LogP contribution < -0.4 is 5.32 Å². The number of nitrogens with zero attached hydrogens (tertiary/aromatic N) is 4. The summed E-state index contributed by atoms with van der Waals surface area (Å²) in [6.07, 6.45) is 3.69. The fourth-order valence-electron chi connectivity index (χ4n) is 1.23. The third kappa shape index (κ3) is 2.88. The summed E-state index contributed by atoms with van der Waals surface area (Å²) in [7, 11) is 0. The number of hydrogen-bond acceptors (Lipinski definition) is 5. The van der Waals surface area contributed by atoms with E-state index in [1.165, 1.54) is 0 Å². The lowest BCUT2D eigenvalue weighted by molar-refractivity contribution is 0.362. The van der Waals surface area contributed by atoms with Gasteiger partial charge in [-0.05, 0) is 13.0 Å². The second-order valence-electron chi connectivity index (χ2n) is 3.18. The van der Waals surface area contributed by atoms with Gasteiger partial charge < -0.3 is 9.84 Å². The van der Waals surface area contributed by atoms with Crippen molar-refractivity contribution in [3.8, 4) is 0 Å². The van der Waals surface area contributed by atoms with E-state index in [-0.39, 0.29) is 0 Å². The van der Waals surface area contributed by atoms with Gasteiger partial charge in [0, 0.05) is 18.9 Å². The molecule has 0 saturated carbocycles. The van der Waals surface area contributed by atoms with Crippen molar-refractivity contribution >= 4 is 0 Å². The summed E-state index contributed by atoms with van der Waals surface area (Å²) in [6.45, 7) is 4.06. The van der Waals surface area contributed by atoms with Crippen LogP contribution in [-0.2, 0) is 13.1 Å². The summed E-state index contributed by atoms with van der Waals surface area (Å²) >= 11 is 0. The maximum absolute atomic E-state index is 4.96. The zero-order valence-electron chi connectivity index (χ0n) is 8.55. The molecule has 0 unspecified atom stereocenters. The van der Waals surface area contributed by atoms with Gasteiger partial charge in [-0.25, -0.2) is 0 Å². The number of nitrogens with one attached hydrogen (secondary N) is 1. The van der Waals surface area contributed by atoms with Gasteiger partial charge in [0.15, 0.2) is 5.82 Å². The monoisotopic (exact) mass is 207 g/mol. The second kappa shape index (κ2) is 4.70. The molecule has 15 heavy (non-hydrogen) atoms. The molecule has 0 amide bonds. The summed E-state index contributed by atoms with van der Waals surface area (Å²) in [5, 5.41) is 11.0. The maximum atomic E-state index is 4.96. The van der Waals surface area contributed by atoms with Crippen molar-refractivity contribution in [3.63, 3.8) is 0 Å². The van der Waals surface area contributed by atoms with E-state index < -0.39 is 0 Å². The van der Waals surface area contributed by atoms with Crippen molar-refractivity contribution in [2.45, 2.75) is 20.0 Å². The summed E-state index contributed by atoms with van der Waals surface area (Å²) in [6, 6.07) is 1.90. The molecule has 0 fully saturated rings. The Kier molecular flexibility index (Phi) is 3.08. The van der Waals surface area contributed by atoms with Crippen LogP contribution in [0.2, 0.25) is 0 Å². The number of rotatable bonds is 5. The Hall–Kier alpha value is -1.69. The molecule has 2 heterocycles. The van der Waals surface area contributed by atoms with Gasteiger partial charge in [0.1, 0.15) is 0 Å². The van der Waals surface area contributed by atoms with Gasteiger partial charge in [-0.1, -0.05) is 5.16 Å².